The molecular weight excluding hydrogens is 731 g/mol. The summed E-state index contributed by atoms with van der Waals surface area (Å²) in [7, 11) is 1.90. The van der Waals surface area contributed by atoms with E-state index in [1.165, 1.54) is 11.1 Å². The normalized spacial score (nSPS) is 18.6. The molecule has 3 amide bonds. The molecule has 14 heteroatoms. The van der Waals surface area contributed by atoms with Crippen LogP contribution in [0.3, 0.4) is 0 Å². The zero-order chi connectivity index (χ0) is 39.9. The molecule has 5 aromatic rings. The summed E-state index contributed by atoms with van der Waals surface area (Å²) in [6, 6.07) is 18.0. The summed E-state index contributed by atoms with van der Waals surface area (Å²) in [5.41, 5.74) is 10.1. The quantitative estimate of drug-likeness (QED) is 0.145. The summed E-state index contributed by atoms with van der Waals surface area (Å²) in [6.07, 6.45) is 6.36. The van der Waals surface area contributed by atoms with Crippen molar-refractivity contribution < 1.29 is 14.4 Å². The van der Waals surface area contributed by atoms with Gasteiger partial charge in [-0.25, -0.2) is 9.67 Å². The maximum atomic E-state index is 13.2. The van der Waals surface area contributed by atoms with E-state index < -0.39 is 6.04 Å². The number of anilines is 5. The Labute approximate surface area is 338 Å². The van der Waals surface area contributed by atoms with Crippen LogP contribution in [0, 0.1) is 19.8 Å². The van der Waals surface area contributed by atoms with Crippen molar-refractivity contribution in [1.29, 1.82) is 0 Å². The minimum atomic E-state index is -0.418. The van der Waals surface area contributed by atoms with Gasteiger partial charge in [-0.3, -0.25) is 19.3 Å². The first-order valence-corrected chi connectivity index (χ1v) is 20.5. The van der Waals surface area contributed by atoms with Crippen LogP contribution in [0.25, 0.3) is 11.0 Å². The van der Waals surface area contributed by atoms with Crippen LogP contribution in [-0.4, -0.2) is 97.5 Å². The van der Waals surface area contributed by atoms with E-state index in [1.54, 1.807) is 9.58 Å². The maximum Gasteiger partial charge on any atom is 0.255 e. The van der Waals surface area contributed by atoms with Gasteiger partial charge in [-0.2, -0.15) is 10.1 Å². The van der Waals surface area contributed by atoms with E-state index in [1.807, 2.05) is 36.3 Å². The van der Waals surface area contributed by atoms with Crippen molar-refractivity contribution in [3.05, 3.63) is 94.2 Å². The molecule has 0 bridgehead atoms. The summed E-state index contributed by atoms with van der Waals surface area (Å²) < 4.78 is 1.79. The minimum Gasteiger partial charge on any atom is -0.376 e. The lowest BCUT2D eigenvalue weighted by Crippen LogP contribution is -2.50. The third kappa shape index (κ3) is 7.55. The number of nitrogens with one attached hydrogen (secondary N) is 4. The highest BCUT2D eigenvalue weighted by atomic mass is 16.2. The fourth-order valence-corrected chi connectivity index (χ4v) is 9.08. The molecule has 2 fully saturated rings. The summed E-state index contributed by atoms with van der Waals surface area (Å²) in [4.78, 5) is 54.4. The lowest BCUT2D eigenvalue weighted by atomic mass is 9.93. The van der Waals surface area contributed by atoms with Gasteiger partial charge in [0.25, 0.3) is 5.91 Å². The predicted octanol–water partition coefficient (Wildman–Crippen LogP) is 5.41. The van der Waals surface area contributed by atoms with Crippen molar-refractivity contribution >= 4 is 57.6 Å². The number of fused-ring (bicyclic) bond motifs is 3. The van der Waals surface area contributed by atoms with E-state index in [4.69, 9.17) is 10.1 Å². The number of likely N-dealkylation sites (tertiary alicyclic amines) is 1. The van der Waals surface area contributed by atoms with Gasteiger partial charge in [0.1, 0.15) is 6.04 Å². The van der Waals surface area contributed by atoms with Gasteiger partial charge in [-0.1, -0.05) is 24.3 Å². The number of benzene rings is 3. The molecule has 0 saturated carbocycles. The standard InChI is InChI=1S/C44H51N11O3/c1-27-6-4-7-28(2)39(27)49-40-36-22-47-44(50-41(36)52(3)51-40)48-34-10-9-30-15-17-53(25-31(30)20-34)24-29-13-18-54(19-14-29)38(56)23-46-33-11-12-35-32(21-33)26-55(43(35)58)37-8-5-16-45-42(37)57/h4,6-7,9-12,20-22,29,37,46H,5,8,13-19,23-26H2,1-3H3,(H,45,57)(H,49,51)(H,47,48,50). The van der Waals surface area contributed by atoms with Crippen molar-refractivity contribution in [3.63, 3.8) is 0 Å². The Kier molecular flexibility index (Phi) is 10.2. The van der Waals surface area contributed by atoms with E-state index in [0.717, 1.165) is 109 Å². The molecule has 1 atom stereocenters. The van der Waals surface area contributed by atoms with Gasteiger partial charge >= 0.3 is 0 Å². The summed E-state index contributed by atoms with van der Waals surface area (Å²) in [6.45, 7) is 9.90. The van der Waals surface area contributed by atoms with Crippen molar-refractivity contribution in [2.75, 3.05) is 55.2 Å². The van der Waals surface area contributed by atoms with E-state index >= 15 is 0 Å². The van der Waals surface area contributed by atoms with Gasteiger partial charge in [0, 0.05) is 81.7 Å². The van der Waals surface area contributed by atoms with Crippen LogP contribution in [-0.2, 0) is 36.1 Å². The van der Waals surface area contributed by atoms with Crippen molar-refractivity contribution in [2.45, 2.75) is 65.1 Å². The smallest absolute Gasteiger partial charge is 0.255 e. The monoisotopic (exact) mass is 781 g/mol. The second-order valence-electron chi connectivity index (χ2n) is 16.3. The lowest BCUT2D eigenvalue weighted by Gasteiger charge is -2.36. The molecule has 0 aliphatic carbocycles. The van der Waals surface area contributed by atoms with Gasteiger partial charge < -0.3 is 31.1 Å². The second-order valence-corrected chi connectivity index (χ2v) is 16.3. The van der Waals surface area contributed by atoms with Crippen LogP contribution in [0.5, 0.6) is 0 Å². The first-order chi connectivity index (χ1) is 28.2. The van der Waals surface area contributed by atoms with Crippen LogP contribution in [0.1, 0.15) is 63.9 Å². The number of hydrogen-bond acceptors (Lipinski definition) is 10. The number of carbonyl (C=O) groups is 3. The average molecular weight is 782 g/mol. The predicted molar refractivity (Wildman–Crippen MR) is 224 cm³/mol. The fraction of sp³-hybridized carbons (Fsp3) is 0.409. The Balaban J connectivity index is 0.755. The van der Waals surface area contributed by atoms with Crippen molar-refractivity contribution in [3.8, 4) is 0 Å². The number of para-hydroxylation sites is 1. The molecule has 300 valence electrons. The van der Waals surface area contributed by atoms with E-state index in [9.17, 15) is 14.4 Å². The fourth-order valence-electron chi connectivity index (χ4n) is 9.08. The molecule has 58 heavy (non-hydrogen) atoms. The molecule has 6 heterocycles. The highest BCUT2D eigenvalue weighted by Crippen LogP contribution is 2.32. The van der Waals surface area contributed by atoms with Crippen molar-refractivity contribution in [1.82, 2.24) is 39.8 Å². The van der Waals surface area contributed by atoms with Gasteiger partial charge in [0.15, 0.2) is 11.5 Å². The zero-order valence-electron chi connectivity index (χ0n) is 33.5. The Hall–Kier alpha value is -6.02. The van der Waals surface area contributed by atoms with Crippen LogP contribution >= 0.6 is 0 Å². The highest BCUT2D eigenvalue weighted by Gasteiger charge is 2.37. The Morgan fingerprint density at radius 2 is 1.69 bits per heavy atom. The first-order valence-electron chi connectivity index (χ1n) is 20.5. The summed E-state index contributed by atoms with van der Waals surface area (Å²) in [5, 5.41) is 18.7. The van der Waals surface area contributed by atoms with Gasteiger partial charge in [0.05, 0.1) is 11.9 Å². The van der Waals surface area contributed by atoms with E-state index in [2.05, 4.69) is 81.4 Å². The molecule has 1 unspecified atom stereocenters. The molecule has 3 aromatic carbocycles. The van der Waals surface area contributed by atoms with Crippen LogP contribution in [0.4, 0.5) is 28.8 Å². The molecule has 9 rings (SSSR count). The molecule has 14 nitrogen and oxygen atoms in total. The maximum absolute atomic E-state index is 13.2. The Bertz CT molecular complexity index is 2380. The largest absolute Gasteiger partial charge is 0.376 e. The average Bonchev–Trinajstić information content (AvgIpc) is 3.72. The SMILES string of the molecule is Cc1cccc(C)c1Nc1nn(C)c2nc(Nc3ccc4c(c3)CN(CC3CCN(C(=O)CNc5ccc6c(c5)CN(C5CCCNC5=O)C6=O)CC3)CC4)ncc12. The van der Waals surface area contributed by atoms with Crippen LogP contribution in [0.2, 0.25) is 0 Å². The number of rotatable bonds is 10. The molecule has 0 spiro atoms. The van der Waals surface area contributed by atoms with Crippen LogP contribution < -0.4 is 21.3 Å². The second kappa shape index (κ2) is 15.7. The molecule has 0 radical (unpaired) electrons. The van der Waals surface area contributed by atoms with Gasteiger partial charge in [0.2, 0.25) is 17.8 Å². The number of carbonyl (C=O) groups excluding carboxylic acids is 3. The number of piperidine rings is 2. The summed E-state index contributed by atoms with van der Waals surface area (Å²) in [5.74, 6) is 1.71. The number of amides is 3. The molecule has 4 aliphatic rings. The third-order valence-corrected chi connectivity index (χ3v) is 12.4. The molecule has 2 saturated heterocycles. The molecule has 2 aromatic heterocycles. The number of nitrogens with zero attached hydrogens (tertiary/aromatic N) is 7. The van der Waals surface area contributed by atoms with Crippen molar-refractivity contribution in [2.24, 2.45) is 13.0 Å². The number of hydrogen-bond donors (Lipinski definition) is 4. The van der Waals surface area contributed by atoms with E-state index in [0.29, 0.717) is 36.9 Å². The highest BCUT2D eigenvalue weighted by molar-refractivity contribution is 6.01. The van der Waals surface area contributed by atoms with Crippen LogP contribution in [0.15, 0.2) is 60.8 Å². The lowest BCUT2D eigenvalue weighted by molar-refractivity contribution is -0.130. The first kappa shape index (κ1) is 37.6. The Morgan fingerprint density at radius 1 is 0.897 bits per heavy atom. The molecular formula is C44H51N11O3. The molecule has 4 N–H and O–H groups in total. The zero-order valence-corrected chi connectivity index (χ0v) is 33.5. The van der Waals surface area contributed by atoms with Gasteiger partial charge in [-0.15, -0.1) is 0 Å². The topological polar surface area (TPSA) is 153 Å². The Morgan fingerprint density at radius 3 is 2.50 bits per heavy atom. The van der Waals surface area contributed by atoms with Gasteiger partial charge in [-0.05, 0) is 110 Å². The number of aromatic nitrogens is 4. The minimum absolute atomic E-state index is 0.0762. The van der Waals surface area contributed by atoms with E-state index in [-0.39, 0.29) is 24.3 Å². The summed E-state index contributed by atoms with van der Waals surface area (Å²) >= 11 is 0. The molecule has 4 aliphatic heterocycles. The number of aryl methyl sites for hydroxylation is 3. The third-order valence-electron chi connectivity index (χ3n) is 12.4.